The highest BCUT2D eigenvalue weighted by molar-refractivity contribution is 6.01. The number of ketones is 1. The molecule has 1 unspecified atom stereocenters. The second-order valence-corrected chi connectivity index (χ2v) is 11.5. The third kappa shape index (κ3) is 6.18. The van der Waals surface area contributed by atoms with E-state index in [1.54, 1.807) is 12.1 Å². The van der Waals surface area contributed by atoms with Gasteiger partial charge in [-0.3, -0.25) is 24.6 Å². The van der Waals surface area contributed by atoms with Crippen LogP contribution in [0.3, 0.4) is 0 Å². The van der Waals surface area contributed by atoms with E-state index in [9.17, 15) is 19.7 Å². The highest BCUT2D eigenvalue weighted by Gasteiger charge is 2.42. The number of amides is 1. The molecule has 2 aromatic rings. The van der Waals surface area contributed by atoms with Crippen molar-refractivity contribution in [2.45, 2.75) is 39.2 Å². The first-order valence-corrected chi connectivity index (χ1v) is 13.9. The standard InChI is InChI=1S/C30H37N5O5/c1-30(2)18-24-28(26(36)19-30)29(21-8-10-22(11-9-21)35(38)39)34(25-7-4-3-6-23(25)32-24)20-27(37)31-12-5-13-33-14-16-40-17-15-33/h3-4,6-11,29,32H,5,12-20H2,1-2H3,(H,31,37). The van der Waals surface area contributed by atoms with Crippen molar-refractivity contribution in [2.75, 3.05) is 56.2 Å². The Labute approximate surface area is 234 Å². The van der Waals surface area contributed by atoms with E-state index in [0.29, 0.717) is 25.0 Å². The fourth-order valence-corrected chi connectivity index (χ4v) is 5.92. The number of nitro benzene ring substituents is 1. The van der Waals surface area contributed by atoms with Crippen molar-refractivity contribution in [3.63, 3.8) is 0 Å². The van der Waals surface area contributed by atoms with E-state index < -0.39 is 11.0 Å². The minimum Gasteiger partial charge on any atom is -0.379 e. The van der Waals surface area contributed by atoms with Crippen molar-refractivity contribution in [3.05, 3.63) is 75.5 Å². The Kier molecular flexibility index (Phi) is 8.18. The molecule has 2 aromatic carbocycles. The summed E-state index contributed by atoms with van der Waals surface area (Å²) in [6.45, 7) is 8.94. The first-order valence-electron chi connectivity index (χ1n) is 13.9. The molecule has 0 radical (unpaired) electrons. The van der Waals surface area contributed by atoms with Gasteiger partial charge in [0.1, 0.15) is 0 Å². The van der Waals surface area contributed by atoms with Crippen LogP contribution >= 0.6 is 0 Å². The first-order chi connectivity index (χ1) is 19.2. The van der Waals surface area contributed by atoms with Gasteiger partial charge in [-0.15, -0.1) is 0 Å². The maximum atomic E-state index is 13.8. The number of nitro groups is 1. The van der Waals surface area contributed by atoms with E-state index in [4.69, 9.17) is 4.74 Å². The average molecular weight is 548 g/mol. The van der Waals surface area contributed by atoms with Gasteiger partial charge < -0.3 is 20.3 Å². The van der Waals surface area contributed by atoms with Crippen molar-refractivity contribution < 1.29 is 19.2 Å². The van der Waals surface area contributed by atoms with Gasteiger partial charge >= 0.3 is 0 Å². The number of carbonyl (C=O) groups is 2. The number of para-hydroxylation sites is 2. The highest BCUT2D eigenvalue weighted by Crippen LogP contribution is 2.48. The van der Waals surface area contributed by atoms with Gasteiger partial charge in [-0.05, 0) is 54.6 Å². The van der Waals surface area contributed by atoms with Gasteiger partial charge in [0.05, 0.1) is 42.1 Å². The third-order valence-corrected chi connectivity index (χ3v) is 7.81. The van der Waals surface area contributed by atoms with Crippen molar-refractivity contribution in [2.24, 2.45) is 5.41 Å². The van der Waals surface area contributed by atoms with Gasteiger partial charge in [-0.25, -0.2) is 0 Å². The van der Waals surface area contributed by atoms with Crippen LogP contribution in [-0.4, -0.2) is 67.5 Å². The topological polar surface area (TPSA) is 117 Å². The summed E-state index contributed by atoms with van der Waals surface area (Å²) in [4.78, 5) is 42.3. The number of hydrogen-bond donors (Lipinski definition) is 2. The van der Waals surface area contributed by atoms with Crippen molar-refractivity contribution in [1.29, 1.82) is 0 Å². The fraction of sp³-hybridized carbons (Fsp3) is 0.467. The summed E-state index contributed by atoms with van der Waals surface area (Å²) in [5.74, 6) is -0.123. The maximum absolute atomic E-state index is 13.8. The lowest BCUT2D eigenvalue weighted by molar-refractivity contribution is -0.384. The molecule has 2 heterocycles. The molecule has 0 aromatic heterocycles. The van der Waals surface area contributed by atoms with E-state index in [2.05, 4.69) is 29.4 Å². The van der Waals surface area contributed by atoms with E-state index in [1.807, 2.05) is 29.2 Å². The van der Waals surface area contributed by atoms with Gasteiger partial charge in [-0.1, -0.05) is 26.0 Å². The number of morpholine rings is 1. The molecule has 212 valence electrons. The largest absolute Gasteiger partial charge is 0.379 e. The molecule has 3 aliphatic rings. The number of carbonyl (C=O) groups excluding carboxylic acids is 2. The Bertz CT molecular complexity index is 1300. The van der Waals surface area contributed by atoms with Gasteiger partial charge in [0.25, 0.3) is 5.69 Å². The molecule has 1 aliphatic carbocycles. The Morgan fingerprint density at radius 3 is 2.58 bits per heavy atom. The molecule has 10 heteroatoms. The molecule has 1 atom stereocenters. The predicted octanol–water partition coefficient (Wildman–Crippen LogP) is 4.05. The number of nitrogens with one attached hydrogen (secondary N) is 2. The van der Waals surface area contributed by atoms with Crippen molar-refractivity contribution in [1.82, 2.24) is 10.2 Å². The summed E-state index contributed by atoms with van der Waals surface area (Å²) in [5, 5.41) is 17.9. The van der Waals surface area contributed by atoms with Crippen LogP contribution in [0.1, 0.15) is 44.7 Å². The molecule has 1 saturated heterocycles. The maximum Gasteiger partial charge on any atom is 0.269 e. The van der Waals surface area contributed by atoms with E-state index in [1.165, 1.54) is 12.1 Å². The number of non-ortho nitro benzene ring substituents is 1. The number of benzene rings is 2. The van der Waals surface area contributed by atoms with Gasteiger partial charge in [0, 0.05) is 49.5 Å². The van der Waals surface area contributed by atoms with Crippen LogP contribution in [0.5, 0.6) is 0 Å². The predicted molar refractivity (Wildman–Crippen MR) is 153 cm³/mol. The molecule has 2 aliphatic heterocycles. The molecule has 0 bridgehead atoms. The summed E-state index contributed by atoms with van der Waals surface area (Å²) in [7, 11) is 0. The lowest BCUT2D eigenvalue weighted by Crippen LogP contribution is -2.43. The zero-order valence-corrected chi connectivity index (χ0v) is 23.2. The zero-order valence-electron chi connectivity index (χ0n) is 23.2. The van der Waals surface area contributed by atoms with Gasteiger partial charge in [0.2, 0.25) is 5.91 Å². The van der Waals surface area contributed by atoms with Gasteiger partial charge in [0.15, 0.2) is 5.78 Å². The molecule has 0 saturated carbocycles. The molecule has 1 fully saturated rings. The van der Waals surface area contributed by atoms with Crippen LogP contribution in [0.4, 0.5) is 17.1 Å². The molecular formula is C30H37N5O5. The summed E-state index contributed by atoms with van der Waals surface area (Å²) in [5.41, 5.74) is 3.56. The fourth-order valence-electron chi connectivity index (χ4n) is 5.92. The second kappa shape index (κ2) is 11.8. The normalized spacial score (nSPS) is 20.7. The number of Topliss-reactive ketones (excluding diaryl/α,β-unsaturated/α-hetero) is 1. The summed E-state index contributed by atoms with van der Waals surface area (Å²) in [6.07, 6.45) is 1.89. The van der Waals surface area contributed by atoms with Crippen LogP contribution in [0.15, 0.2) is 59.8 Å². The molecular weight excluding hydrogens is 510 g/mol. The summed E-state index contributed by atoms with van der Waals surface area (Å²) >= 11 is 0. The Morgan fingerprint density at radius 2 is 1.85 bits per heavy atom. The number of fused-ring (bicyclic) bond motifs is 1. The Hall–Kier alpha value is -3.76. The molecule has 40 heavy (non-hydrogen) atoms. The molecule has 0 spiro atoms. The highest BCUT2D eigenvalue weighted by atomic mass is 16.6. The van der Waals surface area contributed by atoms with E-state index in [0.717, 1.165) is 61.9 Å². The van der Waals surface area contributed by atoms with Gasteiger partial charge in [-0.2, -0.15) is 0 Å². The quantitative estimate of drug-likeness (QED) is 0.289. The van der Waals surface area contributed by atoms with Crippen LogP contribution in [0.2, 0.25) is 0 Å². The number of ether oxygens (including phenoxy) is 1. The molecule has 1 amide bonds. The van der Waals surface area contributed by atoms with Crippen LogP contribution < -0.4 is 15.5 Å². The van der Waals surface area contributed by atoms with Crippen molar-refractivity contribution >= 4 is 28.8 Å². The number of anilines is 2. The smallest absolute Gasteiger partial charge is 0.269 e. The minimum atomic E-state index is -0.574. The Morgan fingerprint density at radius 1 is 1.12 bits per heavy atom. The average Bonchev–Trinajstić information content (AvgIpc) is 3.05. The summed E-state index contributed by atoms with van der Waals surface area (Å²) < 4.78 is 5.41. The van der Waals surface area contributed by atoms with Crippen LogP contribution in [0.25, 0.3) is 0 Å². The summed E-state index contributed by atoms with van der Waals surface area (Å²) in [6, 6.07) is 13.5. The molecule has 2 N–H and O–H groups in total. The second-order valence-electron chi connectivity index (χ2n) is 11.5. The van der Waals surface area contributed by atoms with E-state index >= 15 is 0 Å². The number of allylic oxidation sites excluding steroid dienone is 1. The monoisotopic (exact) mass is 547 g/mol. The van der Waals surface area contributed by atoms with Crippen LogP contribution in [0, 0.1) is 15.5 Å². The molecule has 10 nitrogen and oxygen atoms in total. The minimum absolute atomic E-state index is 0.0193. The molecule has 5 rings (SSSR count). The lowest BCUT2D eigenvalue weighted by Gasteiger charge is -2.37. The SMILES string of the molecule is CC1(C)CC(=O)C2=C(C1)Nc1ccccc1N(CC(=O)NCCCN1CCOCC1)C2c1ccc([N+](=O)[O-])cc1. The zero-order chi connectivity index (χ0) is 28.3. The lowest BCUT2D eigenvalue weighted by atomic mass is 9.73. The Balaban J connectivity index is 1.46. The number of nitrogens with zero attached hydrogens (tertiary/aromatic N) is 3. The van der Waals surface area contributed by atoms with Crippen molar-refractivity contribution in [3.8, 4) is 0 Å². The van der Waals surface area contributed by atoms with Crippen LogP contribution in [-0.2, 0) is 14.3 Å². The van der Waals surface area contributed by atoms with E-state index in [-0.39, 0.29) is 29.3 Å². The number of rotatable bonds is 8. The first kappa shape index (κ1) is 27.8. The number of hydrogen-bond acceptors (Lipinski definition) is 8. The third-order valence-electron chi connectivity index (χ3n) is 7.81.